The fourth-order valence-electron chi connectivity index (χ4n) is 1.96. The van der Waals surface area contributed by atoms with Crippen molar-refractivity contribution < 1.29 is 4.92 Å². The van der Waals surface area contributed by atoms with Crippen molar-refractivity contribution in [2.45, 2.75) is 39.4 Å². The Balaban J connectivity index is 2.12. The highest BCUT2D eigenvalue weighted by Gasteiger charge is 2.11. The molecule has 0 spiro atoms. The van der Waals surface area contributed by atoms with E-state index in [9.17, 15) is 10.1 Å². The van der Waals surface area contributed by atoms with Gasteiger partial charge >= 0.3 is 0 Å². The third-order valence-electron chi connectivity index (χ3n) is 3.07. The van der Waals surface area contributed by atoms with E-state index >= 15 is 0 Å². The minimum absolute atomic E-state index is 0.0284. The van der Waals surface area contributed by atoms with Crippen molar-refractivity contribution in [3.8, 4) is 0 Å². The number of benzene rings is 1. The van der Waals surface area contributed by atoms with Gasteiger partial charge in [0.1, 0.15) is 0 Å². The molecule has 2 aromatic rings. The van der Waals surface area contributed by atoms with Gasteiger partial charge in [-0.15, -0.1) is 0 Å². The first-order valence-corrected chi connectivity index (χ1v) is 6.82. The lowest BCUT2D eigenvalue weighted by Crippen LogP contribution is -2.35. The molecule has 2 rings (SSSR count). The van der Waals surface area contributed by atoms with Gasteiger partial charge in [-0.1, -0.05) is 12.1 Å². The van der Waals surface area contributed by atoms with Gasteiger partial charge in [-0.25, -0.2) is 4.98 Å². The highest BCUT2D eigenvalue weighted by atomic mass is 16.6. The van der Waals surface area contributed by atoms with Crippen molar-refractivity contribution in [3.63, 3.8) is 0 Å². The Morgan fingerprint density at radius 3 is 2.81 bits per heavy atom. The Bertz CT molecular complexity index is 629. The SMILES string of the molecule is CC(C)(C)NCc1cncn1Cc1cccc([N+](=O)[O-])c1. The summed E-state index contributed by atoms with van der Waals surface area (Å²) in [6, 6.07) is 6.69. The molecule has 0 aliphatic carbocycles. The van der Waals surface area contributed by atoms with Gasteiger partial charge in [0.2, 0.25) is 0 Å². The highest BCUT2D eigenvalue weighted by Crippen LogP contribution is 2.15. The molecule has 1 heterocycles. The van der Waals surface area contributed by atoms with E-state index < -0.39 is 0 Å². The number of nitro groups is 1. The third kappa shape index (κ3) is 4.39. The van der Waals surface area contributed by atoms with Crippen LogP contribution < -0.4 is 5.32 Å². The first kappa shape index (κ1) is 15.2. The Labute approximate surface area is 124 Å². The van der Waals surface area contributed by atoms with E-state index in [1.54, 1.807) is 18.5 Å². The van der Waals surface area contributed by atoms with E-state index in [2.05, 4.69) is 31.1 Å². The predicted octanol–water partition coefficient (Wildman–Crippen LogP) is 2.73. The van der Waals surface area contributed by atoms with Crippen LogP contribution in [0.4, 0.5) is 5.69 Å². The van der Waals surface area contributed by atoms with Crippen molar-refractivity contribution in [1.82, 2.24) is 14.9 Å². The van der Waals surface area contributed by atoms with Gasteiger partial charge in [-0.2, -0.15) is 0 Å². The van der Waals surface area contributed by atoms with Crippen molar-refractivity contribution >= 4 is 5.69 Å². The van der Waals surface area contributed by atoms with Crippen molar-refractivity contribution in [2.24, 2.45) is 0 Å². The second kappa shape index (κ2) is 6.05. The average Bonchev–Trinajstić information content (AvgIpc) is 2.83. The largest absolute Gasteiger partial charge is 0.329 e. The Morgan fingerprint density at radius 2 is 2.14 bits per heavy atom. The molecular formula is C15H20N4O2. The average molecular weight is 288 g/mol. The fraction of sp³-hybridized carbons (Fsp3) is 0.400. The van der Waals surface area contributed by atoms with E-state index in [1.165, 1.54) is 6.07 Å². The number of nitrogens with zero attached hydrogens (tertiary/aromatic N) is 3. The number of aromatic nitrogens is 2. The van der Waals surface area contributed by atoms with Crippen LogP contribution in [0, 0.1) is 10.1 Å². The number of hydrogen-bond acceptors (Lipinski definition) is 4. The van der Waals surface area contributed by atoms with Crippen molar-refractivity contribution in [2.75, 3.05) is 0 Å². The normalized spacial score (nSPS) is 11.6. The summed E-state index contributed by atoms with van der Waals surface area (Å²) in [5.41, 5.74) is 2.08. The number of nitro benzene ring substituents is 1. The van der Waals surface area contributed by atoms with Gasteiger partial charge in [0.05, 0.1) is 16.9 Å². The number of imidazole rings is 1. The minimum atomic E-state index is -0.376. The second-order valence-electron chi connectivity index (χ2n) is 6.04. The molecule has 0 atom stereocenters. The van der Waals surface area contributed by atoms with Crippen LogP contribution in [0.5, 0.6) is 0 Å². The van der Waals surface area contributed by atoms with Gasteiger partial charge in [0.25, 0.3) is 5.69 Å². The molecular weight excluding hydrogens is 268 g/mol. The van der Waals surface area contributed by atoms with Gasteiger partial charge in [0, 0.05) is 37.0 Å². The zero-order valence-corrected chi connectivity index (χ0v) is 12.5. The molecule has 0 aliphatic rings. The molecule has 0 saturated heterocycles. The van der Waals surface area contributed by atoms with E-state index in [1.807, 2.05) is 16.8 Å². The van der Waals surface area contributed by atoms with Gasteiger partial charge in [0.15, 0.2) is 0 Å². The Morgan fingerprint density at radius 1 is 1.38 bits per heavy atom. The van der Waals surface area contributed by atoms with E-state index in [-0.39, 0.29) is 16.1 Å². The van der Waals surface area contributed by atoms with Gasteiger partial charge in [-0.05, 0) is 26.3 Å². The molecule has 0 fully saturated rings. The van der Waals surface area contributed by atoms with Crippen LogP contribution in [0.1, 0.15) is 32.0 Å². The van der Waals surface area contributed by atoms with Crippen LogP contribution in [0.25, 0.3) is 0 Å². The monoisotopic (exact) mass is 288 g/mol. The number of hydrogen-bond donors (Lipinski definition) is 1. The maximum atomic E-state index is 10.8. The standard InChI is InChI=1S/C15H20N4O2/c1-15(2,3)17-9-14-8-16-11-18(14)10-12-5-4-6-13(7-12)19(20)21/h4-8,11,17H,9-10H2,1-3H3. The van der Waals surface area contributed by atoms with Crippen LogP contribution >= 0.6 is 0 Å². The third-order valence-corrected chi connectivity index (χ3v) is 3.07. The molecule has 0 saturated carbocycles. The van der Waals surface area contributed by atoms with Crippen LogP contribution in [-0.2, 0) is 13.1 Å². The molecule has 0 amide bonds. The predicted molar refractivity (Wildman–Crippen MR) is 81.0 cm³/mol. The number of rotatable bonds is 5. The topological polar surface area (TPSA) is 73.0 Å². The van der Waals surface area contributed by atoms with Crippen LogP contribution in [0.3, 0.4) is 0 Å². The summed E-state index contributed by atoms with van der Waals surface area (Å²) in [6.07, 6.45) is 3.56. The molecule has 0 unspecified atom stereocenters. The van der Waals surface area contributed by atoms with E-state index in [4.69, 9.17) is 0 Å². The minimum Gasteiger partial charge on any atom is -0.329 e. The number of non-ortho nitro benzene ring substituents is 1. The molecule has 21 heavy (non-hydrogen) atoms. The van der Waals surface area contributed by atoms with E-state index in [0.29, 0.717) is 13.1 Å². The lowest BCUT2D eigenvalue weighted by molar-refractivity contribution is -0.384. The fourth-order valence-corrected chi connectivity index (χ4v) is 1.96. The molecule has 112 valence electrons. The summed E-state index contributed by atoms with van der Waals surface area (Å²) >= 11 is 0. The second-order valence-corrected chi connectivity index (χ2v) is 6.04. The van der Waals surface area contributed by atoms with E-state index in [0.717, 1.165) is 11.3 Å². The molecule has 0 bridgehead atoms. The molecule has 0 radical (unpaired) electrons. The lowest BCUT2D eigenvalue weighted by Gasteiger charge is -2.21. The summed E-state index contributed by atoms with van der Waals surface area (Å²) in [5, 5.41) is 14.2. The molecule has 6 heteroatoms. The van der Waals surface area contributed by atoms with Gasteiger partial charge in [-0.3, -0.25) is 10.1 Å². The molecule has 6 nitrogen and oxygen atoms in total. The summed E-state index contributed by atoms with van der Waals surface area (Å²) in [7, 11) is 0. The summed E-state index contributed by atoms with van der Waals surface area (Å²) in [6.45, 7) is 7.60. The highest BCUT2D eigenvalue weighted by molar-refractivity contribution is 5.34. The lowest BCUT2D eigenvalue weighted by atomic mass is 10.1. The molecule has 1 aromatic heterocycles. The maximum Gasteiger partial charge on any atom is 0.269 e. The molecule has 1 N–H and O–H groups in total. The van der Waals surface area contributed by atoms with Gasteiger partial charge < -0.3 is 9.88 Å². The van der Waals surface area contributed by atoms with Crippen LogP contribution in [-0.4, -0.2) is 20.0 Å². The molecule has 0 aliphatic heterocycles. The Kier molecular flexibility index (Phi) is 4.37. The van der Waals surface area contributed by atoms with Crippen LogP contribution in [0.2, 0.25) is 0 Å². The summed E-state index contributed by atoms with van der Waals surface area (Å²) in [5.74, 6) is 0. The Hall–Kier alpha value is -2.21. The summed E-state index contributed by atoms with van der Waals surface area (Å²) in [4.78, 5) is 14.6. The molecule has 1 aromatic carbocycles. The first-order chi connectivity index (χ1) is 9.85. The zero-order valence-electron chi connectivity index (χ0n) is 12.5. The zero-order chi connectivity index (χ0) is 15.5. The number of nitrogens with one attached hydrogen (secondary N) is 1. The summed E-state index contributed by atoms with van der Waals surface area (Å²) < 4.78 is 2.00. The quantitative estimate of drug-likeness (QED) is 0.678. The first-order valence-electron chi connectivity index (χ1n) is 6.82. The van der Waals surface area contributed by atoms with Crippen molar-refractivity contribution in [1.29, 1.82) is 0 Å². The maximum absolute atomic E-state index is 10.8. The van der Waals surface area contributed by atoms with Crippen LogP contribution in [0.15, 0.2) is 36.8 Å². The smallest absolute Gasteiger partial charge is 0.269 e. The van der Waals surface area contributed by atoms with Crippen molar-refractivity contribution in [3.05, 3.63) is 58.2 Å².